The SMILES string of the molecule is CCNC(C)CC(=O)c1cccc2ncccc12. The lowest BCUT2D eigenvalue weighted by Gasteiger charge is -2.12. The van der Waals surface area contributed by atoms with Crippen molar-refractivity contribution in [2.45, 2.75) is 26.3 Å². The molecule has 1 N–H and O–H groups in total. The molecule has 3 nitrogen and oxygen atoms in total. The van der Waals surface area contributed by atoms with Crippen LogP contribution in [0.4, 0.5) is 0 Å². The Morgan fingerprint density at radius 1 is 1.33 bits per heavy atom. The van der Waals surface area contributed by atoms with Crippen LogP contribution >= 0.6 is 0 Å². The minimum atomic E-state index is 0.169. The summed E-state index contributed by atoms with van der Waals surface area (Å²) in [7, 11) is 0. The first kappa shape index (κ1) is 12.7. The van der Waals surface area contributed by atoms with Crippen LogP contribution in [0.15, 0.2) is 36.5 Å². The molecule has 1 aromatic heterocycles. The minimum Gasteiger partial charge on any atom is -0.314 e. The van der Waals surface area contributed by atoms with E-state index in [0.29, 0.717) is 6.42 Å². The van der Waals surface area contributed by atoms with Crippen LogP contribution in [0, 0.1) is 0 Å². The average Bonchev–Trinajstić information content (AvgIpc) is 2.38. The van der Waals surface area contributed by atoms with E-state index in [9.17, 15) is 4.79 Å². The van der Waals surface area contributed by atoms with E-state index in [-0.39, 0.29) is 11.8 Å². The Morgan fingerprint density at radius 2 is 2.17 bits per heavy atom. The molecule has 0 aliphatic carbocycles. The van der Waals surface area contributed by atoms with Gasteiger partial charge in [0, 0.05) is 29.6 Å². The molecular weight excluding hydrogens is 224 g/mol. The quantitative estimate of drug-likeness (QED) is 0.820. The highest BCUT2D eigenvalue weighted by molar-refractivity contribution is 6.07. The van der Waals surface area contributed by atoms with Gasteiger partial charge in [-0.05, 0) is 25.6 Å². The van der Waals surface area contributed by atoms with Crippen molar-refractivity contribution in [1.29, 1.82) is 0 Å². The van der Waals surface area contributed by atoms with E-state index >= 15 is 0 Å². The number of benzene rings is 1. The summed E-state index contributed by atoms with van der Waals surface area (Å²) in [5.74, 6) is 0.169. The number of nitrogens with zero attached hydrogens (tertiary/aromatic N) is 1. The molecule has 1 aromatic carbocycles. The third kappa shape index (κ3) is 2.74. The number of fused-ring (bicyclic) bond motifs is 1. The van der Waals surface area contributed by atoms with Gasteiger partial charge in [0.25, 0.3) is 0 Å². The van der Waals surface area contributed by atoms with E-state index in [1.54, 1.807) is 6.20 Å². The van der Waals surface area contributed by atoms with Crippen molar-refractivity contribution in [3.8, 4) is 0 Å². The molecule has 0 amide bonds. The molecule has 2 aromatic rings. The van der Waals surface area contributed by atoms with Crippen molar-refractivity contribution in [3.05, 3.63) is 42.1 Å². The minimum absolute atomic E-state index is 0.169. The van der Waals surface area contributed by atoms with Gasteiger partial charge in [0.15, 0.2) is 5.78 Å². The van der Waals surface area contributed by atoms with Gasteiger partial charge in [-0.1, -0.05) is 25.1 Å². The van der Waals surface area contributed by atoms with Gasteiger partial charge >= 0.3 is 0 Å². The second-order valence-corrected chi connectivity index (χ2v) is 4.46. The molecule has 0 spiro atoms. The Bertz CT molecular complexity index is 546. The van der Waals surface area contributed by atoms with Crippen LogP contribution in [0.5, 0.6) is 0 Å². The van der Waals surface area contributed by atoms with Gasteiger partial charge in [0.2, 0.25) is 0 Å². The van der Waals surface area contributed by atoms with Crippen LogP contribution < -0.4 is 5.32 Å². The van der Waals surface area contributed by atoms with Crippen molar-refractivity contribution < 1.29 is 4.79 Å². The van der Waals surface area contributed by atoms with Crippen molar-refractivity contribution in [2.24, 2.45) is 0 Å². The monoisotopic (exact) mass is 242 g/mol. The molecule has 18 heavy (non-hydrogen) atoms. The molecule has 94 valence electrons. The summed E-state index contributed by atoms with van der Waals surface area (Å²) >= 11 is 0. The first-order valence-electron chi connectivity index (χ1n) is 6.32. The molecule has 2 rings (SSSR count). The number of Topliss-reactive ketones (excluding diaryl/α,β-unsaturated/α-hetero) is 1. The van der Waals surface area contributed by atoms with Crippen molar-refractivity contribution in [1.82, 2.24) is 10.3 Å². The first-order chi connectivity index (χ1) is 8.72. The van der Waals surface area contributed by atoms with Crippen LogP contribution in [-0.4, -0.2) is 23.4 Å². The zero-order valence-electron chi connectivity index (χ0n) is 10.8. The molecule has 0 saturated heterocycles. The fraction of sp³-hybridized carbons (Fsp3) is 0.333. The van der Waals surface area contributed by atoms with Gasteiger partial charge < -0.3 is 5.32 Å². The Balaban J connectivity index is 2.28. The topological polar surface area (TPSA) is 42.0 Å². The standard InChI is InChI=1S/C15H18N2O/c1-3-16-11(2)10-15(18)13-6-4-8-14-12(13)7-5-9-17-14/h4-9,11,16H,3,10H2,1-2H3. The van der Waals surface area contributed by atoms with Crippen LogP contribution in [0.2, 0.25) is 0 Å². The number of aromatic nitrogens is 1. The average molecular weight is 242 g/mol. The molecule has 0 fully saturated rings. The van der Waals surface area contributed by atoms with E-state index in [4.69, 9.17) is 0 Å². The summed E-state index contributed by atoms with van der Waals surface area (Å²) in [4.78, 5) is 16.5. The lowest BCUT2D eigenvalue weighted by atomic mass is 10.0. The molecular formula is C15H18N2O. The Morgan fingerprint density at radius 3 is 2.94 bits per heavy atom. The molecule has 1 unspecified atom stereocenters. The summed E-state index contributed by atoms with van der Waals surface area (Å²) in [6.45, 7) is 4.96. The third-order valence-electron chi connectivity index (χ3n) is 2.99. The summed E-state index contributed by atoms with van der Waals surface area (Å²) < 4.78 is 0. The highest BCUT2D eigenvalue weighted by Crippen LogP contribution is 2.18. The number of ketones is 1. The second-order valence-electron chi connectivity index (χ2n) is 4.46. The highest BCUT2D eigenvalue weighted by atomic mass is 16.1. The largest absolute Gasteiger partial charge is 0.314 e. The Kier molecular flexibility index (Phi) is 4.05. The maximum Gasteiger partial charge on any atom is 0.165 e. The first-order valence-corrected chi connectivity index (χ1v) is 6.32. The van der Waals surface area contributed by atoms with Gasteiger partial charge in [0.1, 0.15) is 0 Å². The lowest BCUT2D eigenvalue weighted by Crippen LogP contribution is -2.28. The third-order valence-corrected chi connectivity index (χ3v) is 2.99. The molecule has 0 aliphatic rings. The zero-order chi connectivity index (χ0) is 13.0. The van der Waals surface area contributed by atoms with E-state index < -0.39 is 0 Å². The molecule has 0 saturated carbocycles. The van der Waals surface area contributed by atoms with E-state index in [1.807, 2.05) is 44.2 Å². The number of carbonyl (C=O) groups is 1. The van der Waals surface area contributed by atoms with Crippen molar-refractivity contribution >= 4 is 16.7 Å². The second kappa shape index (κ2) is 5.74. The smallest absolute Gasteiger partial charge is 0.165 e. The van der Waals surface area contributed by atoms with Gasteiger partial charge in [-0.2, -0.15) is 0 Å². The van der Waals surface area contributed by atoms with Crippen molar-refractivity contribution in [2.75, 3.05) is 6.54 Å². The van der Waals surface area contributed by atoms with Gasteiger partial charge in [-0.15, -0.1) is 0 Å². The van der Waals surface area contributed by atoms with Gasteiger partial charge in [-0.3, -0.25) is 9.78 Å². The Labute approximate surface area is 107 Å². The number of hydrogen-bond donors (Lipinski definition) is 1. The summed E-state index contributed by atoms with van der Waals surface area (Å²) in [5.41, 5.74) is 1.64. The number of nitrogens with one attached hydrogen (secondary N) is 1. The number of hydrogen-bond acceptors (Lipinski definition) is 3. The fourth-order valence-corrected chi connectivity index (χ4v) is 2.16. The summed E-state index contributed by atoms with van der Waals surface area (Å²) in [5, 5.41) is 4.20. The normalized spacial score (nSPS) is 12.6. The summed E-state index contributed by atoms with van der Waals surface area (Å²) in [6, 6.07) is 9.72. The number of pyridine rings is 1. The van der Waals surface area contributed by atoms with E-state index in [1.165, 1.54) is 0 Å². The lowest BCUT2D eigenvalue weighted by molar-refractivity contribution is 0.0973. The van der Waals surface area contributed by atoms with Crippen LogP contribution in [0.25, 0.3) is 10.9 Å². The molecule has 3 heteroatoms. The predicted molar refractivity (Wildman–Crippen MR) is 73.8 cm³/mol. The van der Waals surface area contributed by atoms with E-state index in [2.05, 4.69) is 10.3 Å². The van der Waals surface area contributed by atoms with Crippen molar-refractivity contribution in [3.63, 3.8) is 0 Å². The highest BCUT2D eigenvalue weighted by Gasteiger charge is 2.13. The molecule has 0 aliphatic heterocycles. The zero-order valence-corrected chi connectivity index (χ0v) is 10.8. The van der Waals surface area contributed by atoms with E-state index in [0.717, 1.165) is 23.0 Å². The van der Waals surface area contributed by atoms with Gasteiger partial charge in [-0.25, -0.2) is 0 Å². The van der Waals surface area contributed by atoms with Gasteiger partial charge in [0.05, 0.1) is 5.52 Å². The Hall–Kier alpha value is -1.74. The molecule has 0 bridgehead atoms. The fourth-order valence-electron chi connectivity index (χ4n) is 2.16. The van der Waals surface area contributed by atoms with Crippen LogP contribution in [-0.2, 0) is 0 Å². The summed E-state index contributed by atoms with van der Waals surface area (Å²) in [6.07, 6.45) is 2.26. The molecule has 1 atom stereocenters. The number of rotatable bonds is 5. The predicted octanol–water partition coefficient (Wildman–Crippen LogP) is 2.81. The number of carbonyl (C=O) groups excluding carboxylic acids is 1. The molecule has 1 heterocycles. The van der Waals surface area contributed by atoms with Crippen LogP contribution in [0.3, 0.4) is 0 Å². The maximum atomic E-state index is 12.3. The molecule has 0 radical (unpaired) electrons. The van der Waals surface area contributed by atoms with Crippen LogP contribution in [0.1, 0.15) is 30.6 Å². The maximum absolute atomic E-state index is 12.3.